The van der Waals surface area contributed by atoms with Gasteiger partial charge in [0, 0.05) is 18.0 Å². The summed E-state index contributed by atoms with van der Waals surface area (Å²) in [5.41, 5.74) is 0.623. The molecule has 1 aromatic rings. The molecule has 0 amide bonds. The highest BCUT2D eigenvalue weighted by molar-refractivity contribution is 6.23. The van der Waals surface area contributed by atoms with E-state index in [1.165, 1.54) is 0 Å². The average Bonchev–Trinajstić information content (AvgIpc) is 2.05. The first-order valence-corrected chi connectivity index (χ1v) is 2.98. The van der Waals surface area contributed by atoms with E-state index in [4.69, 9.17) is 7.85 Å². The van der Waals surface area contributed by atoms with Crippen LogP contribution in [0.1, 0.15) is 10.4 Å². The van der Waals surface area contributed by atoms with Crippen LogP contribution < -0.4 is 0 Å². The van der Waals surface area contributed by atoms with Gasteiger partial charge in [0.15, 0.2) is 5.78 Å². The van der Waals surface area contributed by atoms with Gasteiger partial charge in [-0.15, -0.1) is 0 Å². The van der Waals surface area contributed by atoms with Gasteiger partial charge in [-0.25, -0.2) is 0 Å². The Hall–Kier alpha value is -1.12. The number of Topliss-reactive ketones (excluding diaryl/α,β-unsaturated/α-hetero) is 1. The van der Waals surface area contributed by atoms with Gasteiger partial charge in [-0.2, -0.15) is 0 Å². The fraction of sp³-hybridized carbons (Fsp3) is 0.143. The van der Waals surface area contributed by atoms with Gasteiger partial charge in [0.2, 0.25) is 0 Å². The van der Waals surface area contributed by atoms with Crippen molar-refractivity contribution in [3.05, 3.63) is 30.1 Å². The van der Waals surface area contributed by atoms with Gasteiger partial charge in [0.25, 0.3) is 0 Å². The van der Waals surface area contributed by atoms with E-state index >= 15 is 0 Å². The van der Waals surface area contributed by atoms with E-state index in [1.807, 2.05) is 0 Å². The number of carbonyl (C=O) groups is 1. The molecule has 0 N–H and O–H groups in total. The van der Waals surface area contributed by atoms with Crippen molar-refractivity contribution in [1.29, 1.82) is 0 Å². The molecule has 2 radical (unpaired) electrons. The molecule has 10 heavy (non-hydrogen) atoms. The molecule has 1 aromatic heterocycles. The normalized spacial score (nSPS) is 9.20. The van der Waals surface area contributed by atoms with Crippen molar-refractivity contribution in [1.82, 2.24) is 4.98 Å². The van der Waals surface area contributed by atoms with E-state index in [1.54, 1.807) is 24.5 Å². The average molecular weight is 131 g/mol. The lowest BCUT2D eigenvalue weighted by Crippen LogP contribution is -1.96. The standard InChI is InChI=1S/C7H6BNO/c8-5-7(10)6-1-3-9-4-2-6/h1-4H,5H2. The molecular weight excluding hydrogens is 125 g/mol. The molecule has 0 bridgehead atoms. The first-order chi connectivity index (χ1) is 4.84. The second-order valence-corrected chi connectivity index (χ2v) is 1.86. The Morgan fingerprint density at radius 1 is 1.50 bits per heavy atom. The Balaban J connectivity index is 2.85. The summed E-state index contributed by atoms with van der Waals surface area (Å²) in [6.07, 6.45) is 3.20. The molecule has 2 nitrogen and oxygen atoms in total. The van der Waals surface area contributed by atoms with Crippen LogP contribution in [0.25, 0.3) is 0 Å². The summed E-state index contributed by atoms with van der Waals surface area (Å²) < 4.78 is 0. The SMILES string of the molecule is [B]CC(=O)c1ccncc1. The van der Waals surface area contributed by atoms with Gasteiger partial charge in [-0.3, -0.25) is 9.78 Å². The predicted molar refractivity (Wildman–Crippen MR) is 39.1 cm³/mol. The van der Waals surface area contributed by atoms with E-state index in [2.05, 4.69) is 4.98 Å². The molecule has 0 saturated heterocycles. The molecule has 48 valence electrons. The molecule has 1 heterocycles. The third-order valence-electron chi connectivity index (χ3n) is 1.19. The van der Waals surface area contributed by atoms with Gasteiger partial charge in [0.1, 0.15) is 0 Å². The van der Waals surface area contributed by atoms with E-state index in [0.717, 1.165) is 0 Å². The minimum Gasteiger partial charge on any atom is -0.295 e. The zero-order valence-corrected chi connectivity index (χ0v) is 5.45. The summed E-state index contributed by atoms with van der Waals surface area (Å²) in [5.74, 6) is -0.0533. The number of nitrogens with zero attached hydrogens (tertiary/aromatic N) is 1. The van der Waals surface area contributed by atoms with Crippen LogP contribution in [0.2, 0.25) is 6.32 Å². The van der Waals surface area contributed by atoms with Gasteiger partial charge < -0.3 is 0 Å². The smallest absolute Gasteiger partial charge is 0.154 e. The van der Waals surface area contributed by atoms with Crippen molar-refractivity contribution in [3.63, 3.8) is 0 Å². The highest BCUT2D eigenvalue weighted by Gasteiger charge is 1.98. The van der Waals surface area contributed by atoms with Crippen molar-refractivity contribution in [2.75, 3.05) is 0 Å². The first-order valence-electron chi connectivity index (χ1n) is 2.98. The van der Waals surface area contributed by atoms with E-state index < -0.39 is 0 Å². The van der Waals surface area contributed by atoms with Crippen molar-refractivity contribution >= 4 is 13.6 Å². The quantitative estimate of drug-likeness (QED) is 0.439. The van der Waals surface area contributed by atoms with Gasteiger partial charge in [0.05, 0.1) is 7.85 Å². The van der Waals surface area contributed by atoms with Gasteiger partial charge in [-0.05, 0) is 18.5 Å². The third kappa shape index (κ3) is 1.44. The fourth-order valence-corrected chi connectivity index (χ4v) is 0.656. The summed E-state index contributed by atoms with van der Waals surface area (Å²) in [6, 6.07) is 3.30. The van der Waals surface area contributed by atoms with Crippen LogP contribution in [0.5, 0.6) is 0 Å². The molecule has 0 aliphatic heterocycles. The number of rotatable bonds is 2. The molecule has 0 spiro atoms. The second-order valence-electron chi connectivity index (χ2n) is 1.86. The summed E-state index contributed by atoms with van der Waals surface area (Å²) >= 11 is 0. The van der Waals surface area contributed by atoms with Crippen LogP contribution in [0.3, 0.4) is 0 Å². The third-order valence-corrected chi connectivity index (χ3v) is 1.19. The number of hydrogen-bond acceptors (Lipinski definition) is 2. The van der Waals surface area contributed by atoms with Gasteiger partial charge in [-0.1, -0.05) is 0 Å². The zero-order chi connectivity index (χ0) is 7.40. The number of aromatic nitrogens is 1. The van der Waals surface area contributed by atoms with E-state index in [9.17, 15) is 4.79 Å². The Morgan fingerprint density at radius 3 is 2.60 bits per heavy atom. The molecule has 0 aromatic carbocycles. The minimum absolute atomic E-state index is 0.0533. The molecular formula is C7H6BNO. The van der Waals surface area contributed by atoms with Crippen molar-refractivity contribution < 1.29 is 4.79 Å². The van der Waals surface area contributed by atoms with Crippen LogP contribution in [0.4, 0.5) is 0 Å². The Labute approximate surface area is 60.7 Å². The maximum Gasteiger partial charge on any atom is 0.154 e. The molecule has 1 rings (SSSR count). The molecule has 0 aliphatic carbocycles. The zero-order valence-electron chi connectivity index (χ0n) is 5.45. The van der Waals surface area contributed by atoms with Crippen molar-refractivity contribution in [2.24, 2.45) is 0 Å². The maximum absolute atomic E-state index is 10.9. The first kappa shape index (κ1) is 7.00. The fourth-order valence-electron chi connectivity index (χ4n) is 0.656. The Kier molecular flexibility index (Phi) is 2.21. The lowest BCUT2D eigenvalue weighted by Gasteiger charge is -1.93. The number of ketones is 1. The van der Waals surface area contributed by atoms with Gasteiger partial charge >= 0.3 is 0 Å². The molecule has 0 atom stereocenters. The van der Waals surface area contributed by atoms with Crippen LogP contribution in [0, 0.1) is 0 Å². The molecule has 0 fully saturated rings. The summed E-state index contributed by atoms with van der Waals surface area (Å²) in [4.78, 5) is 14.6. The Bertz CT molecular complexity index is 222. The second kappa shape index (κ2) is 3.15. The lowest BCUT2D eigenvalue weighted by atomic mass is 9.97. The molecule has 0 aliphatic rings. The Morgan fingerprint density at radius 2 is 2.10 bits per heavy atom. The monoisotopic (exact) mass is 131 g/mol. The number of hydrogen-bond donors (Lipinski definition) is 0. The molecule has 3 heteroatoms. The largest absolute Gasteiger partial charge is 0.295 e. The lowest BCUT2D eigenvalue weighted by molar-refractivity contribution is 0.101. The minimum atomic E-state index is -0.0533. The summed E-state index contributed by atoms with van der Waals surface area (Å²) in [6.45, 7) is 0. The van der Waals surface area contributed by atoms with Crippen molar-refractivity contribution in [2.45, 2.75) is 6.32 Å². The topological polar surface area (TPSA) is 30.0 Å². The predicted octanol–water partition coefficient (Wildman–Crippen LogP) is 0.851. The highest BCUT2D eigenvalue weighted by Crippen LogP contribution is 1.98. The van der Waals surface area contributed by atoms with Crippen LogP contribution >= 0.6 is 0 Å². The van der Waals surface area contributed by atoms with Crippen LogP contribution in [-0.2, 0) is 0 Å². The van der Waals surface area contributed by atoms with Crippen LogP contribution in [0.15, 0.2) is 24.5 Å². The number of pyridine rings is 1. The number of carbonyl (C=O) groups excluding carboxylic acids is 1. The summed E-state index contributed by atoms with van der Waals surface area (Å²) in [5, 5.41) is 0. The molecule has 0 unspecified atom stereocenters. The van der Waals surface area contributed by atoms with E-state index in [0.29, 0.717) is 5.56 Å². The highest BCUT2D eigenvalue weighted by atomic mass is 16.1. The molecule has 0 saturated carbocycles. The van der Waals surface area contributed by atoms with E-state index in [-0.39, 0.29) is 12.1 Å². The maximum atomic E-state index is 10.9. The summed E-state index contributed by atoms with van der Waals surface area (Å²) in [7, 11) is 5.13. The van der Waals surface area contributed by atoms with Crippen molar-refractivity contribution in [3.8, 4) is 0 Å². The van der Waals surface area contributed by atoms with Crippen LogP contribution in [-0.4, -0.2) is 18.6 Å².